The van der Waals surface area contributed by atoms with Gasteiger partial charge in [-0.1, -0.05) is 5.16 Å². The Morgan fingerprint density at radius 2 is 2.18 bits per heavy atom. The van der Waals surface area contributed by atoms with E-state index in [2.05, 4.69) is 15.4 Å². The lowest BCUT2D eigenvalue weighted by molar-refractivity contribution is 0.0693. The highest BCUT2D eigenvalue weighted by molar-refractivity contribution is 5.92. The number of aromatic nitrogens is 4. The van der Waals surface area contributed by atoms with E-state index in [1.54, 1.807) is 6.33 Å². The van der Waals surface area contributed by atoms with E-state index in [9.17, 15) is 4.79 Å². The van der Waals surface area contributed by atoms with Crippen molar-refractivity contribution >= 4 is 5.91 Å². The normalized spacial score (nSPS) is 22.0. The fraction of sp³-hybridized carbons (Fsp3) is 0.600. The van der Waals surface area contributed by atoms with Gasteiger partial charge in [-0.2, -0.15) is 0 Å². The molecule has 1 aliphatic heterocycles. The van der Waals surface area contributed by atoms with Crippen LogP contribution in [0.2, 0.25) is 0 Å². The van der Waals surface area contributed by atoms with Crippen LogP contribution in [0.3, 0.4) is 0 Å². The van der Waals surface area contributed by atoms with Crippen molar-refractivity contribution in [3.8, 4) is 0 Å². The number of likely N-dealkylation sites (tertiary alicyclic amines) is 1. The first-order chi connectivity index (χ1) is 10.7. The minimum Gasteiger partial charge on any atom is -0.360 e. The Labute approximate surface area is 128 Å². The SMILES string of the molecule is Cn1cnnc1C1CCCN(C(=O)c2cc(C3CC3)on2)C1. The van der Waals surface area contributed by atoms with Crippen molar-refractivity contribution in [1.82, 2.24) is 24.8 Å². The topological polar surface area (TPSA) is 77.0 Å². The molecule has 1 saturated carbocycles. The molecule has 0 bridgehead atoms. The lowest BCUT2D eigenvalue weighted by Gasteiger charge is -2.31. The highest BCUT2D eigenvalue weighted by Crippen LogP contribution is 2.40. The van der Waals surface area contributed by atoms with Crippen molar-refractivity contribution in [2.75, 3.05) is 13.1 Å². The van der Waals surface area contributed by atoms with Crippen LogP contribution in [-0.2, 0) is 7.05 Å². The fourth-order valence-corrected chi connectivity index (χ4v) is 3.15. The van der Waals surface area contributed by atoms with Crippen LogP contribution in [-0.4, -0.2) is 43.8 Å². The molecular formula is C15H19N5O2. The monoisotopic (exact) mass is 301 g/mol. The molecule has 22 heavy (non-hydrogen) atoms. The average Bonchev–Trinajstić information content (AvgIpc) is 3.11. The van der Waals surface area contributed by atoms with Gasteiger partial charge >= 0.3 is 0 Å². The standard InChI is InChI=1S/C15H19N5O2/c1-19-9-16-17-14(19)11-3-2-6-20(8-11)15(21)12-7-13(22-18-12)10-4-5-10/h7,9-11H,2-6,8H2,1H3. The first-order valence-corrected chi connectivity index (χ1v) is 7.82. The Morgan fingerprint density at radius 1 is 1.32 bits per heavy atom. The Kier molecular flexibility index (Phi) is 3.20. The minimum atomic E-state index is -0.0393. The molecule has 4 rings (SSSR count). The van der Waals surface area contributed by atoms with Crippen LogP contribution < -0.4 is 0 Å². The summed E-state index contributed by atoms with van der Waals surface area (Å²) in [4.78, 5) is 14.5. The molecule has 1 saturated heterocycles. The third-order valence-electron chi connectivity index (χ3n) is 4.55. The zero-order chi connectivity index (χ0) is 15.1. The maximum Gasteiger partial charge on any atom is 0.276 e. The zero-order valence-electron chi connectivity index (χ0n) is 12.6. The third-order valence-corrected chi connectivity index (χ3v) is 4.55. The second kappa shape index (κ2) is 5.23. The van der Waals surface area contributed by atoms with Crippen LogP contribution in [0.15, 0.2) is 16.9 Å². The Bertz CT molecular complexity index is 688. The molecule has 1 atom stereocenters. The quantitative estimate of drug-likeness (QED) is 0.862. The maximum atomic E-state index is 12.6. The van der Waals surface area contributed by atoms with Crippen LogP contribution >= 0.6 is 0 Å². The van der Waals surface area contributed by atoms with Crippen LogP contribution in [0.25, 0.3) is 0 Å². The van der Waals surface area contributed by atoms with E-state index in [1.807, 2.05) is 22.6 Å². The van der Waals surface area contributed by atoms with Crippen molar-refractivity contribution in [3.63, 3.8) is 0 Å². The second-order valence-electron chi connectivity index (χ2n) is 6.28. The number of piperidine rings is 1. The average molecular weight is 301 g/mol. The van der Waals surface area contributed by atoms with Gasteiger partial charge in [-0.05, 0) is 25.7 Å². The number of nitrogens with zero attached hydrogens (tertiary/aromatic N) is 5. The van der Waals surface area contributed by atoms with E-state index >= 15 is 0 Å². The van der Waals surface area contributed by atoms with Crippen molar-refractivity contribution in [3.05, 3.63) is 29.7 Å². The Balaban J connectivity index is 1.49. The summed E-state index contributed by atoms with van der Waals surface area (Å²) in [7, 11) is 1.94. The highest BCUT2D eigenvalue weighted by Gasteiger charge is 2.32. The van der Waals surface area contributed by atoms with Crippen molar-refractivity contribution in [2.45, 2.75) is 37.5 Å². The lowest BCUT2D eigenvalue weighted by atomic mass is 9.97. The predicted molar refractivity (Wildman–Crippen MR) is 77.4 cm³/mol. The number of carbonyl (C=O) groups is 1. The van der Waals surface area contributed by atoms with E-state index in [1.165, 1.54) is 0 Å². The summed E-state index contributed by atoms with van der Waals surface area (Å²) in [5, 5.41) is 12.1. The van der Waals surface area contributed by atoms with Crippen LogP contribution in [0.4, 0.5) is 0 Å². The molecule has 0 N–H and O–H groups in total. The van der Waals surface area contributed by atoms with Gasteiger partial charge in [-0.15, -0.1) is 10.2 Å². The van der Waals surface area contributed by atoms with Crippen molar-refractivity contribution < 1.29 is 9.32 Å². The van der Waals surface area contributed by atoms with Gasteiger partial charge in [0.25, 0.3) is 5.91 Å². The fourth-order valence-electron chi connectivity index (χ4n) is 3.15. The summed E-state index contributed by atoms with van der Waals surface area (Å²) in [6.45, 7) is 1.43. The summed E-state index contributed by atoms with van der Waals surface area (Å²) in [6, 6.07) is 1.81. The van der Waals surface area contributed by atoms with E-state index < -0.39 is 0 Å². The lowest BCUT2D eigenvalue weighted by Crippen LogP contribution is -2.39. The molecule has 1 amide bonds. The van der Waals surface area contributed by atoms with Crippen LogP contribution in [0.5, 0.6) is 0 Å². The van der Waals surface area contributed by atoms with Crippen LogP contribution in [0.1, 0.15) is 59.6 Å². The molecule has 2 aromatic heterocycles. The molecule has 0 spiro atoms. The predicted octanol–water partition coefficient (Wildman–Crippen LogP) is 1.70. The first-order valence-electron chi connectivity index (χ1n) is 7.82. The molecule has 1 unspecified atom stereocenters. The summed E-state index contributed by atoms with van der Waals surface area (Å²) in [5.41, 5.74) is 0.431. The molecular weight excluding hydrogens is 282 g/mol. The number of rotatable bonds is 3. The third kappa shape index (κ3) is 2.40. The van der Waals surface area contributed by atoms with Crippen LogP contribution in [0, 0.1) is 0 Å². The molecule has 3 heterocycles. The molecule has 2 aliphatic rings. The number of hydrogen-bond donors (Lipinski definition) is 0. The van der Waals surface area contributed by atoms with E-state index in [-0.39, 0.29) is 11.8 Å². The number of aryl methyl sites for hydroxylation is 1. The number of amides is 1. The van der Waals surface area contributed by atoms with E-state index in [0.29, 0.717) is 18.2 Å². The first kappa shape index (κ1) is 13.5. The summed E-state index contributed by atoms with van der Waals surface area (Å²) < 4.78 is 7.23. The Hall–Kier alpha value is -2.18. The van der Waals surface area contributed by atoms with Gasteiger partial charge in [0.15, 0.2) is 5.69 Å². The number of hydrogen-bond acceptors (Lipinski definition) is 5. The molecule has 1 aliphatic carbocycles. The summed E-state index contributed by atoms with van der Waals surface area (Å²) in [6.07, 6.45) is 5.98. The Morgan fingerprint density at radius 3 is 2.91 bits per heavy atom. The van der Waals surface area contributed by atoms with Gasteiger partial charge in [0.1, 0.15) is 17.9 Å². The minimum absolute atomic E-state index is 0.0393. The molecule has 2 fully saturated rings. The van der Waals surface area contributed by atoms with Gasteiger partial charge in [0.05, 0.1) is 0 Å². The largest absolute Gasteiger partial charge is 0.360 e. The second-order valence-corrected chi connectivity index (χ2v) is 6.28. The molecule has 0 radical (unpaired) electrons. The number of carbonyl (C=O) groups excluding carboxylic acids is 1. The van der Waals surface area contributed by atoms with E-state index in [0.717, 1.165) is 43.8 Å². The maximum absolute atomic E-state index is 12.6. The van der Waals surface area contributed by atoms with Gasteiger partial charge in [-0.25, -0.2) is 0 Å². The van der Waals surface area contributed by atoms with Gasteiger partial charge in [-0.3, -0.25) is 4.79 Å². The van der Waals surface area contributed by atoms with Crippen molar-refractivity contribution in [2.24, 2.45) is 7.05 Å². The van der Waals surface area contributed by atoms with E-state index in [4.69, 9.17) is 4.52 Å². The van der Waals surface area contributed by atoms with Gasteiger partial charge < -0.3 is 14.0 Å². The highest BCUT2D eigenvalue weighted by atomic mass is 16.5. The van der Waals surface area contributed by atoms with Gasteiger partial charge in [0.2, 0.25) is 0 Å². The summed E-state index contributed by atoms with van der Waals surface area (Å²) in [5.74, 6) is 2.46. The molecule has 7 heteroatoms. The smallest absolute Gasteiger partial charge is 0.276 e. The molecule has 116 valence electrons. The van der Waals surface area contributed by atoms with Gasteiger partial charge in [0, 0.05) is 38.0 Å². The molecule has 7 nitrogen and oxygen atoms in total. The van der Waals surface area contributed by atoms with Crippen molar-refractivity contribution in [1.29, 1.82) is 0 Å². The molecule has 0 aromatic carbocycles. The molecule has 2 aromatic rings. The zero-order valence-corrected chi connectivity index (χ0v) is 12.6. The summed E-state index contributed by atoms with van der Waals surface area (Å²) >= 11 is 0.